The summed E-state index contributed by atoms with van der Waals surface area (Å²) in [7, 11) is 0. The number of hydrogen-bond donors (Lipinski definition) is 0. The van der Waals surface area contributed by atoms with Crippen LogP contribution in [0.25, 0.3) is 16.9 Å². The highest BCUT2D eigenvalue weighted by Gasteiger charge is 2.35. The van der Waals surface area contributed by atoms with E-state index in [0.29, 0.717) is 6.42 Å². The summed E-state index contributed by atoms with van der Waals surface area (Å²) in [6, 6.07) is 22.3. The largest absolute Gasteiger partial charge is 0.273 e. The maximum absolute atomic E-state index is 12.5. The van der Waals surface area contributed by atoms with Crippen LogP contribution in [0.5, 0.6) is 0 Å². The van der Waals surface area contributed by atoms with Gasteiger partial charge < -0.3 is 0 Å². The lowest BCUT2D eigenvalue weighted by atomic mass is 9.98. The third-order valence-electron chi connectivity index (χ3n) is 5.49. The van der Waals surface area contributed by atoms with Gasteiger partial charge in [0.1, 0.15) is 0 Å². The number of nitrogens with zero attached hydrogens (tertiary/aromatic N) is 4. The average molecular weight is 427 g/mol. The van der Waals surface area contributed by atoms with Crippen molar-refractivity contribution in [2.75, 3.05) is 0 Å². The van der Waals surface area contributed by atoms with E-state index in [1.165, 1.54) is 5.56 Å². The molecule has 5 rings (SSSR count). The Morgan fingerprint density at radius 3 is 2.48 bits per heavy atom. The summed E-state index contributed by atoms with van der Waals surface area (Å²) in [4.78, 5) is 13.6. The third-order valence-corrected chi connectivity index (χ3v) is 6.40. The van der Waals surface area contributed by atoms with Crippen molar-refractivity contribution in [3.05, 3.63) is 94.3 Å². The van der Waals surface area contributed by atoms with Crippen LogP contribution in [0, 0.1) is 6.92 Å². The molecule has 154 valence electrons. The van der Waals surface area contributed by atoms with E-state index in [4.69, 9.17) is 10.2 Å². The zero-order valence-corrected chi connectivity index (χ0v) is 18.2. The van der Waals surface area contributed by atoms with Crippen molar-refractivity contribution in [1.82, 2.24) is 14.8 Å². The first-order chi connectivity index (χ1) is 15.1. The van der Waals surface area contributed by atoms with Crippen molar-refractivity contribution in [1.29, 1.82) is 0 Å². The monoisotopic (exact) mass is 426 g/mol. The Kier molecular flexibility index (Phi) is 5.00. The zero-order chi connectivity index (χ0) is 21.4. The normalized spacial score (nSPS) is 15.9. The molecule has 0 radical (unpaired) electrons. The molecule has 0 bridgehead atoms. The van der Waals surface area contributed by atoms with Crippen molar-refractivity contribution >= 4 is 23.0 Å². The standard InChI is InChI=1S/C25H22N4OS/c1-17-10-12-19(13-11-17)25-21(16-28(27-25)20-7-4-3-5-8-20)23-15-22(24-9-6-14-31-24)26-29(23)18(2)30/h3-14,16,23H,15H2,1-2H3. The smallest absolute Gasteiger partial charge is 0.240 e. The van der Waals surface area contributed by atoms with Gasteiger partial charge in [0.05, 0.1) is 28.0 Å². The molecule has 2 aromatic heterocycles. The van der Waals surface area contributed by atoms with Crippen LogP contribution in [0.2, 0.25) is 0 Å². The van der Waals surface area contributed by atoms with Crippen LogP contribution in [-0.2, 0) is 4.79 Å². The fraction of sp³-hybridized carbons (Fsp3) is 0.160. The molecular weight excluding hydrogens is 404 g/mol. The molecule has 6 heteroatoms. The molecule has 0 aliphatic carbocycles. The number of aryl methyl sites for hydroxylation is 1. The minimum Gasteiger partial charge on any atom is -0.273 e. The number of carbonyl (C=O) groups is 1. The number of hydrazone groups is 1. The predicted octanol–water partition coefficient (Wildman–Crippen LogP) is 5.61. The first-order valence-corrected chi connectivity index (χ1v) is 11.1. The maximum Gasteiger partial charge on any atom is 0.240 e. The molecule has 0 saturated carbocycles. The molecule has 0 fully saturated rings. The molecule has 5 nitrogen and oxygen atoms in total. The number of hydrogen-bond acceptors (Lipinski definition) is 4. The van der Waals surface area contributed by atoms with Gasteiger partial charge >= 0.3 is 0 Å². The highest BCUT2D eigenvalue weighted by Crippen LogP contribution is 2.38. The Bertz CT molecular complexity index is 1240. The fourth-order valence-corrected chi connectivity index (χ4v) is 4.64. The van der Waals surface area contributed by atoms with Gasteiger partial charge in [0.25, 0.3) is 0 Å². The van der Waals surface area contributed by atoms with Crippen molar-refractivity contribution in [3.63, 3.8) is 0 Å². The van der Waals surface area contributed by atoms with Crippen LogP contribution >= 0.6 is 11.3 Å². The van der Waals surface area contributed by atoms with E-state index in [1.54, 1.807) is 23.3 Å². The summed E-state index contributed by atoms with van der Waals surface area (Å²) in [6.45, 7) is 3.64. The van der Waals surface area contributed by atoms with Crippen LogP contribution in [0.3, 0.4) is 0 Å². The van der Waals surface area contributed by atoms with Crippen LogP contribution in [0.4, 0.5) is 0 Å². The van der Waals surface area contributed by atoms with E-state index >= 15 is 0 Å². The average Bonchev–Trinajstić information content (AvgIpc) is 3.53. The number of amides is 1. The van der Waals surface area contributed by atoms with E-state index in [9.17, 15) is 4.79 Å². The van der Waals surface area contributed by atoms with Gasteiger partial charge in [-0.1, -0.05) is 54.1 Å². The molecule has 0 N–H and O–H groups in total. The summed E-state index contributed by atoms with van der Waals surface area (Å²) in [6.07, 6.45) is 2.71. The SMILES string of the molecule is CC(=O)N1N=C(c2cccs2)CC1c1cn(-c2ccccc2)nc1-c1ccc(C)cc1. The number of benzene rings is 2. The second kappa shape index (κ2) is 7.96. The number of para-hydroxylation sites is 1. The highest BCUT2D eigenvalue weighted by atomic mass is 32.1. The van der Waals surface area contributed by atoms with E-state index < -0.39 is 0 Å². The van der Waals surface area contributed by atoms with Crippen LogP contribution < -0.4 is 0 Å². The Hall–Kier alpha value is -3.51. The lowest BCUT2D eigenvalue weighted by Gasteiger charge is -2.20. The Labute approximate surface area is 185 Å². The summed E-state index contributed by atoms with van der Waals surface area (Å²) >= 11 is 1.65. The number of thiophene rings is 1. The maximum atomic E-state index is 12.5. The molecule has 1 aliphatic heterocycles. The molecular formula is C25H22N4OS. The Morgan fingerprint density at radius 1 is 1.03 bits per heavy atom. The van der Waals surface area contributed by atoms with Crippen molar-refractivity contribution < 1.29 is 4.79 Å². The van der Waals surface area contributed by atoms with Crippen molar-refractivity contribution in [2.45, 2.75) is 26.3 Å². The molecule has 1 unspecified atom stereocenters. The molecule has 31 heavy (non-hydrogen) atoms. The molecule has 3 heterocycles. The molecule has 1 aliphatic rings. The fourth-order valence-electron chi connectivity index (χ4n) is 3.91. The van der Waals surface area contributed by atoms with Crippen molar-refractivity contribution in [2.24, 2.45) is 5.10 Å². The van der Waals surface area contributed by atoms with Crippen molar-refractivity contribution in [3.8, 4) is 16.9 Å². The molecule has 1 amide bonds. The Morgan fingerprint density at radius 2 is 1.81 bits per heavy atom. The van der Waals surface area contributed by atoms with E-state index in [1.807, 2.05) is 52.7 Å². The lowest BCUT2D eigenvalue weighted by Crippen LogP contribution is -2.24. The van der Waals surface area contributed by atoms with Gasteiger partial charge in [-0.2, -0.15) is 10.2 Å². The highest BCUT2D eigenvalue weighted by molar-refractivity contribution is 7.12. The summed E-state index contributed by atoms with van der Waals surface area (Å²) in [5.74, 6) is -0.0705. The second-order valence-corrected chi connectivity index (χ2v) is 8.63. The number of aromatic nitrogens is 2. The summed E-state index contributed by atoms with van der Waals surface area (Å²) in [5, 5.41) is 13.3. The van der Waals surface area contributed by atoms with E-state index in [2.05, 4.69) is 37.3 Å². The first-order valence-electron chi connectivity index (χ1n) is 10.2. The van der Waals surface area contributed by atoms with Gasteiger partial charge in [-0.25, -0.2) is 9.69 Å². The summed E-state index contributed by atoms with van der Waals surface area (Å²) < 4.78 is 1.89. The summed E-state index contributed by atoms with van der Waals surface area (Å²) in [5.41, 5.74) is 6.03. The van der Waals surface area contributed by atoms with Gasteiger partial charge in [-0.05, 0) is 30.5 Å². The van der Waals surface area contributed by atoms with Gasteiger partial charge in [0.2, 0.25) is 5.91 Å². The molecule has 4 aromatic rings. The second-order valence-electron chi connectivity index (χ2n) is 7.69. The minimum atomic E-state index is -0.191. The minimum absolute atomic E-state index is 0.0705. The van der Waals surface area contributed by atoms with E-state index in [0.717, 1.165) is 33.1 Å². The first kappa shape index (κ1) is 19.5. The van der Waals surface area contributed by atoms with Gasteiger partial charge in [-0.3, -0.25) is 4.79 Å². The molecule has 2 aromatic carbocycles. The van der Waals surface area contributed by atoms with E-state index in [-0.39, 0.29) is 11.9 Å². The predicted molar refractivity (Wildman–Crippen MR) is 124 cm³/mol. The Balaban J connectivity index is 1.62. The quantitative estimate of drug-likeness (QED) is 0.426. The number of carbonyl (C=O) groups excluding carboxylic acids is 1. The van der Waals surface area contributed by atoms with Gasteiger partial charge in [-0.15, -0.1) is 11.3 Å². The third kappa shape index (κ3) is 3.70. The number of rotatable bonds is 4. The molecule has 1 atom stereocenters. The van der Waals surface area contributed by atoms with Gasteiger partial charge in [0, 0.05) is 30.7 Å². The zero-order valence-electron chi connectivity index (χ0n) is 17.4. The van der Waals surface area contributed by atoms with Crippen LogP contribution in [0.15, 0.2) is 83.4 Å². The molecule has 0 spiro atoms. The van der Waals surface area contributed by atoms with Gasteiger partial charge in [0.15, 0.2) is 0 Å². The van der Waals surface area contributed by atoms with Crippen LogP contribution in [0.1, 0.15) is 35.4 Å². The molecule has 0 saturated heterocycles. The topological polar surface area (TPSA) is 50.5 Å². The lowest BCUT2D eigenvalue weighted by molar-refractivity contribution is -0.130. The van der Waals surface area contributed by atoms with Crippen LogP contribution in [-0.4, -0.2) is 26.4 Å².